The monoisotopic (exact) mass is 354 g/mol. The highest BCUT2D eigenvalue weighted by atomic mass is 16.2. The Bertz CT molecular complexity index is 790. The molecule has 1 atom stereocenters. The second-order valence-electron chi connectivity index (χ2n) is 6.96. The van der Waals surface area contributed by atoms with Crippen LogP contribution in [0.2, 0.25) is 0 Å². The Balaban J connectivity index is 1.88. The second-order valence-corrected chi connectivity index (χ2v) is 6.96. The molecule has 0 fully saturated rings. The number of carbonyl (C=O) groups is 1. The van der Waals surface area contributed by atoms with E-state index in [1.807, 2.05) is 68.3 Å². The van der Waals surface area contributed by atoms with E-state index in [0.29, 0.717) is 19.0 Å². The fourth-order valence-electron chi connectivity index (χ4n) is 3.16. The first-order valence-corrected chi connectivity index (χ1v) is 8.72. The molecule has 0 unspecified atom stereocenters. The molecule has 0 spiro atoms. The van der Waals surface area contributed by atoms with Crippen molar-refractivity contribution in [2.75, 3.05) is 44.5 Å². The summed E-state index contributed by atoms with van der Waals surface area (Å²) < 4.78 is 0. The molecule has 138 valence electrons. The highest BCUT2D eigenvalue weighted by Gasteiger charge is 2.29. The summed E-state index contributed by atoms with van der Waals surface area (Å²) in [7, 11) is 7.78. The van der Waals surface area contributed by atoms with Gasteiger partial charge in [0.15, 0.2) is 0 Å². The minimum atomic E-state index is -0.652. The van der Waals surface area contributed by atoms with Crippen LogP contribution >= 0.6 is 0 Å². The van der Waals surface area contributed by atoms with E-state index in [0.717, 1.165) is 29.1 Å². The van der Waals surface area contributed by atoms with Gasteiger partial charge in [-0.1, -0.05) is 30.3 Å². The van der Waals surface area contributed by atoms with Crippen molar-refractivity contribution in [2.24, 2.45) is 5.73 Å². The number of benzene rings is 1. The number of hydrogen-bond donors (Lipinski definition) is 1. The topological polar surface area (TPSA) is 78.6 Å². The van der Waals surface area contributed by atoms with Crippen molar-refractivity contribution in [2.45, 2.75) is 19.0 Å². The van der Waals surface area contributed by atoms with Gasteiger partial charge >= 0.3 is 0 Å². The lowest BCUT2D eigenvalue weighted by Gasteiger charge is -2.32. The van der Waals surface area contributed by atoms with E-state index in [1.165, 1.54) is 0 Å². The molecule has 7 heteroatoms. The third-order valence-electron chi connectivity index (χ3n) is 4.59. The maximum atomic E-state index is 12.9. The van der Waals surface area contributed by atoms with Gasteiger partial charge in [-0.05, 0) is 12.0 Å². The van der Waals surface area contributed by atoms with Gasteiger partial charge in [0.05, 0.1) is 12.2 Å². The van der Waals surface area contributed by atoms with Crippen molar-refractivity contribution >= 4 is 17.7 Å². The van der Waals surface area contributed by atoms with Crippen molar-refractivity contribution in [3.8, 4) is 0 Å². The molecule has 0 aliphatic carbocycles. The Hall–Kier alpha value is -2.67. The molecule has 1 amide bonds. The molecule has 2 aromatic rings. The third kappa shape index (κ3) is 3.48. The number of nitrogens with zero attached hydrogens (tertiary/aromatic N) is 5. The Morgan fingerprint density at radius 3 is 2.42 bits per heavy atom. The summed E-state index contributed by atoms with van der Waals surface area (Å²) >= 11 is 0. The first kappa shape index (κ1) is 18.1. The van der Waals surface area contributed by atoms with Gasteiger partial charge < -0.3 is 20.4 Å². The molecule has 7 nitrogen and oxygen atoms in total. The molecule has 3 rings (SSSR count). The summed E-state index contributed by atoms with van der Waals surface area (Å²) in [5, 5.41) is 0. The van der Waals surface area contributed by atoms with Crippen LogP contribution in [0.1, 0.15) is 22.9 Å². The van der Waals surface area contributed by atoms with Gasteiger partial charge in [-0.3, -0.25) is 4.79 Å². The smallest absolute Gasteiger partial charge is 0.244 e. The van der Waals surface area contributed by atoms with E-state index >= 15 is 0 Å². The van der Waals surface area contributed by atoms with Crippen LogP contribution in [-0.2, 0) is 17.8 Å². The van der Waals surface area contributed by atoms with E-state index in [2.05, 4.69) is 9.97 Å². The Morgan fingerprint density at radius 2 is 1.81 bits per heavy atom. The molecule has 2 N–H and O–H groups in total. The SMILES string of the molecule is CN(C)c1nc2c(c(N(C)C)n1)CCN(C(=O)[C@@H](N)c1ccccc1)C2. The number of fused-ring (bicyclic) bond motifs is 1. The van der Waals surface area contributed by atoms with Gasteiger partial charge in [-0.15, -0.1) is 0 Å². The minimum Gasteiger partial charge on any atom is -0.362 e. The molecule has 0 saturated heterocycles. The zero-order valence-corrected chi connectivity index (χ0v) is 15.8. The molecular weight excluding hydrogens is 328 g/mol. The van der Waals surface area contributed by atoms with Gasteiger partial charge in [0.2, 0.25) is 11.9 Å². The molecule has 0 radical (unpaired) electrons. The number of carbonyl (C=O) groups excluding carboxylic acids is 1. The third-order valence-corrected chi connectivity index (χ3v) is 4.59. The summed E-state index contributed by atoms with van der Waals surface area (Å²) in [6.45, 7) is 1.08. The first-order chi connectivity index (χ1) is 12.4. The normalized spacial score (nSPS) is 14.6. The Morgan fingerprint density at radius 1 is 1.12 bits per heavy atom. The van der Waals surface area contributed by atoms with Crippen LogP contribution in [0.3, 0.4) is 0 Å². The van der Waals surface area contributed by atoms with E-state index in [-0.39, 0.29) is 5.91 Å². The molecule has 2 heterocycles. The number of aromatic nitrogens is 2. The predicted molar refractivity (Wildman–Crippen MR) is 103 cm³/mol. The predicted octanol–water partition coefficient (Wildman–Crippen LogP) is 1.19. The van der Waals surface area contributed by atoms with Crippen molar-refractivity contribution < 1.29 is 4.79 Å². The standard InChI is InChI=1S/C19H26N6O/c1-23(2)17-14-10-11-25(12-15(14)21-19(22-17)24(3)4)18(26)16(20)13-8-6-5-7-9-13/h5-9,16H,10-12,20H2,1-4H3/t16-/m0/s1. The van der Waals surface area contributed by atoms with Crippen LogP contribution in [0.15, 0.2) is 30.3 Å². The molecule has 1 aliphatic heterocycles. The number of amides is 1. The largest absolute Gasteiger partial charge is 0.362 e. The number of hydrogen-bond acceptors (Lipinski definition) is 6. The lowest BCUT2D eigenvalue weighted by molar-refractivity contribution is -0.133. The average Bonchev–Trinajstić information content (AvgIpc) is 2.65. The molecule has 1 aromatic heterocycles. The first-order valence-electron chi connectivity index (χ1n) is 8.72. The van der Waals surface area contributed by atoms with Gasteiger partial charge in [0.25, 0.3) is 0 Å². The van der Waals surface area contributed by atoms with Crippen LogP contribution in [-0.4, -0.2) is 55.5 Å². The van der Waals surface area contributed by atoms with E-state index in [1.54, 1.807) is 4.90 Å². The van der Waals surface area contributed by atoms with E-state index in [4.69, 9.17) is 5.73 Å². The Kier molecular flexibility index (Phi) is 5.08. The van der Waals surface area contributed by atoms with Crippen LogP contribution in [0.25, 0.3) is 0 Å². The summed E-state index contributed by atoms with van der Waals surface area (Å²) in [5.41, 5.74) is 9.04. The molecule has 0 bridgehead atoms. The average molecular weight is 354 g/mol. The van der Waals surface area contributed by atoms with Crippen molar-refractivity contribution in [1.29, 1.82) is 0 Å². The highest BCUT2D eigenvalue weighted by molar-refractivity contribution is 5.83. The lowest BCUT2D eigenvalue weighted by Crippen LogP contribution is -2.42. The van der Waals surface area contributed by atoms with Crippen molar-refractivity contribution in [3.63, 3.8) is 0 Å². The molecule has 26 heavy (non-hydrogen) atoms. The number of rotatable bonds is 4. The summed E-state index contributed by atoms with van der Waals surface area (Å²) in [4.78, 5) is 27.9. The quantitative estimate of drug-likeness (QED) is 0.889. The number of anilines is 2. The van der Waals surface area contributed by atoms with E-state index < -0.39 is 6.04 Å². The van der Waals surface area contributed by atoms with Crippen LogP contribution in [0.4, 0.5) is 11.8 Å². The van der Waals surface area contributed by atoms with Gasteiger partial charge in [-0.2, -0.15) is 4.98 Å². The van der Waals surface area contributed by atoms with Gasteiger partial charge in [0, 0.05) is 40.3 Å². The van der Waals surface area contributed by atoms with Crippen LogP contribution < -0.4 is 15.5 Å². The lowest BCUT2D eigenvalue weighted by atomic mass is 10.0. The second kappa shape index (κ2) is 7.29. The summed E-state index contributed by atoms with van der Waals surface area (Å²) in [6.07, 6.45) is 0.726. The summed E-state index contributed by atoms with van der Waals surface area (Å²) in [5.74, 6) is 1.49. The molecule has 0 saturated carbocycles. The maximum absolute atomic E-state index is 12.9. The highest BCUT2D eigenvalue weighted by Crippen LogP contribution is 2.28. The van der Waals surface area contributed by atoms with Crippen LogP contribution in [0.5, 0.6) is 0 Å². The Labute approximate surface area is 154 Å². The minimum absolute atomic E-state index is 0.0710. The molecular formula is C19H26N6O. The fourth-order valence-corrected chi connectivity index (χ4v) is 3.16. The zero-order chi connectivity index (χ0) is 18.8. The maximum Gasteiger partial charge on any atom is 0.244 e. The van der Waals surface area contributed by atoms with Crippen molar-refractivity contribution in [3.05, 3.63) is 47.2 Å². The molecule has 1 aliphatic rings. The van der Waals surface area contributed by atoms with Crippen LogP contribution in [0, 0.1) is 0 Å². The van der Waals surface area contributed by atoms with Gasteiger partial charge in [-0.25, -0.2) is 4.98 Å². The molecule has 1 aromatic carbocycles. The van der Waals surface area contributed by atoms with Crippen molar-refractivity contribution in [1.82, 2.24) is 14.9 Å². The van der Waals surface area contributed by atoms with E-state index in [9.17, 15) is 4.79 Å². The zero-order valence-electron chi connectivity index (χ0n) is 15.8. The fraction of sp³-hybridized carbons (Fsp3) is 0.421. The summed E-state index contributed by atoms with van der Waals surface area (Å²) in [6, 6.07) is 8.83. The number of nitrogens with two attached hydrogens (primary N) is 1. The van der Waals surface area contributed by atoms with Gasteiger partial charge in [0.1, 0.15) is 11.9 Å².